The molecule has 3 aliphatic rings. The molecular weight excluding hydrogens is 330 g/mol. The topological polar surface area (TPSA) is 99.8 Å². The highest BCUT2D eigenvalue weighted by atomic mass is 16.2. The zero-order valence-corrected chi connectivity index (χ0v) is 15.7. The zero-order valence-electron chi connectivity index (χ0n) is 15.7. The Balaban J connectivity index is 1.28. The van der Waals surface area contributed by atoms with Crippen LogP contribution in [0, 0.1) is 17.3 Å². The van der Waals surface area contributed by atoms with Gasteiger partial charge in [0.25, 0.3) is 0 Å². The Labute approximate surface area is 154 Å². The molecule has 0 spiro atoms. The third kappa shape index (κ3) is 3.23. The lowest BCUT2D eigenvalue weighted by molar-refractivity contribution is -0.132. The van der Waals surface area contributed by atoms with E-state index in [0.29, 0.717) is 18.9 Å². The third-order valence-corrected chi connectivity index (χ3v) is 6.53. The van der Waals surface area contributed by atoms with E-state index < -0.39 is 5.54 Å². The Morgan fingerprint density at radius 1 is 1.19 bits per heavy atom. The number of H-pyrrole nitrogens is 1. The van der Waals surface area contributed by atoms with Crippen molar-refractivity contribution in [3.8, 4) is 0 Å². The minimum Gasteiger partial charge on any atom is -0.354 e. The maximum Gasteiger partial charge on any atom is 0.226 e. The molecule has 4 rings (SSSR count). The number of hydrogen-bond acceptors (Lipinski definition) is 4. The van der Waals surface area contributed by atoms with Crippen LogP contribution < -0.4 is 10.6 Å². The average Bonchev–Trinajstić information content (AvgIpc) is 3.19. The number of aromatic amines is 1. The van der Waals surface area contributed by atoms with Crippen molar-refractivity contribution in [1.82, 2.24) is 26.0 Å². The maximum atomic E-state index is 12.8. The van der Waals surface area contributed by atoms with E-state index in [0.717, 1.165) is 37.1 Å². The molecule has 0 saturated heterocycles. The van der Waals surface area contributed by atoms with Crippen molar-refractivity contribution in [2.45, 2.75) is 70.8 Å². The predicted molar refractivity (Wildman–Crippen MR) is 96.1 cm³/mol. The lowest BCUT2D eigenvalue weighted by atomic mass is 9.73. The second-order valence-corrected chi connectivity index (χ2v) is 9.00. The minimum absolute atomic E-state index is 0.0427. The first-order valence-electron chi connectivity index (χ1n) is 9.88. The largest absolute Gasteiger partial charge is 0.354 e. The summed E-state index contributed by atoms with van der Waals surface area (Å²) in [6, 6.07) is 0. The molecule has 3 aliphatic carbocycles. The molecule has 1 unspecified atom stereocenters. The normalized spacial score (nSPS) is 24.3. The summed E-state index contributed by atoms with van der Waals surface area (Å²) >= 11 is 0. The van der Waals surface area contributed by atoms with Gasteiger partial charge in [0, 0.05) is 18.9 Å². The van der Waals surface area contributed by atoms with Gasteiger partial charge in [0.2, 0.25) is 11.8 Å². The van der Waals surface area contributed by atoms with Crippen LogP contribution in [0.1, 0.15) is 63.8 Å². The van der Waals surface area contributed by atoms with Crippen molar-refractivity contribution in [2.24, 2.45) is 17.3 Å². The van der Waals surface area contributed by atoms with Gasteiger partial charge in [-0.3, -0.25) is 9.59 Å². The second kappa shape index (κ2) is 6.35. The summed E-state index contributed by atoms with van der Waals surface area (Å²) in [5, 5.41) is 17.1. The molecule has 0 aromatic carbocycles. The number of hydrogen-bond donors (Lipinski definition) is 3. The van der Waals surface area contributed by atoms with E-state index in [-0.39, 0.29) is 23.1 Å². The molecule has 1 aromatic heterocycles. The van der Waals surface area contributed by atoms with E-state index in [1.165, 1.54) is 19.3 Å². The van der Waals surface area contributed by atoms with Crippen LogP contribution in [0.4, 0.5) is 0 Å². The van der Waals surface area contributed by atoms with Gasteiger partial charge >= 0.3 is 0 Å². The van der Waals surface area contributed by atoms with Gasteiger partial charge in [0.15, 0.2) is 0 Å². The van der Waals surface area contributed by atoms with Gasteiger partial charge in [-0.05, 0) is 58.3 Å². The number of amides is 2. The van der Waals surface area contributed by atoms with E-state index in [9.17, 15) is 9.59 Å². The summed E-state index contributed by atoms with van der Waals surface area (Å²) in [5.41, 5.74) is 1.33. The Hall–Kier alpha value is -1.92. The number of aromatic nitrogens is 3. The second-order valence-electron chi connectivity index (χ2n) is 9.00. The zero-order chi connectivity index (χ0) is 18.4. The molecule has 7 heteroatoms. The summed E-state index contributed by atoms with van der Waals surface area (Å²) in [4.78, 5) is 25.3. The molecule has 1 heterocycles. The number of aryl methyl sites for hydroxylation is 1. The van der Waals surface area contributed by atoms with Crippen LogP contribution in [0.25, 0.3) is 0 Å². The molecule has 1 atom stereocenters. The fraction of sp³-hybridized carbons (Fsp3) is 0.789. The quantitative estimate of drug-likeness (QED) is 0.717. The van der Waals surface area contributed by atoms with Crippen LogP contribution in [0.3, 0.4) is 0 Å². The smallest absolute Gasteiger partial charge is 0.226 e. The molecule has 2 fully saturated rings. The van der Waals surface area contributed by atoms with Crippen LogP contribution in [0.15, 0.2) is 0 Å². The molecular formula is C19H29N5O2. The molecule has 7 nitrogen and oxygen atoms in total. The van der Waals surface area contributed by atoms with E-state index >= 15 is 0 Å². The molecule has 0 aliphatic heterocycles. The van der Waals surface area contributed by atoms with Crippen molar-refractivity contribution in [3.63, 3.8) is 0 Å². The van der Waals surface area contributed by atoms with Crippen LogP contribution in [0.5, 0.6) is 0 Å². The lowest BCUT2D eigenvalue weighted by Gasteiger charge is -2.36. The molecule has 1 aromatic rings. The van der Waals surface area contributed by atoms with Gasteiger partial charge in [-0.15, -0.1) is 0 Å². The fourth-order valence-corrected chi connectivity index (χ4v) is 4.35. The molecule has 0 radical (unpaired) electrons. The monoisotopic (exact) mass is 359 g/mol. The van der Waals surface area contributed by atoms with E-state index in [2.05, 4.69) is 26.0 Å². The summed E-state index contributed by atoms with van der Waals surface area (Å²) < 4.78 is 0. The number of carbonyl (C=O) groups excluding carboxylic acids is 2. The van der Waals surface area contributed by atoms with Gasteiger partial charge < -0.3 is 10.6 Å². The van der Waals surface area contributed by atoms with E-state index in [1.54, 1.807) is 0 Å². The third-order valence-electron chi connectivity index (χ3n) is 6.53. The molecule has 0 bridgehead atoms. The summed E-state index contributed by atoms with van der Waals surface area (Å²) in [5.74, 6) is 0.739. The first kappa shape index (κ1) is 17.5. The average molecular weight is 359 g/mol. The minimum atomic E-state index is -0.445. The lowest BCUT2D eigenvalue weighted by Crippen LogP contribution is -2.55. The maximum absolute atomic E-state index is 12.8. The van der Waals surface area contributed by atoms with Gasteiger partial charge in [-0.1, -0.05) is 6.42 Å². The SMILES string of the molecule is CC(C)(CNC(=O)C1CCc2n[nH]nc2C1)NC(=O)C1(C2CCC2)CC1. The van der Waals surface area contributed by atoms with E-state index in [4.69, 9.17) is 0 Å². The molecule has 142 valence electrons. The first-order chi connectivity index (χ1) is 12.4. The van der Waals surface area contributed by atoms with Gasteiger partial charge in [0.1, 0.15) is 0 Å². The number of carbonyl (C=O) groups is 2. The van der Waals surface area contributed by atoms with Crippen LogP contribution >= 0.6 is 0 Å². The Kier molecular flexibility index (Phi) is 4.28. The predicted octanol–water partition coefficient (Wildman–Crippen LogP) is 1.50. The van der Waals surface area contributed by atoms with Gasteiger partial charge in [-0.2, -0.15) is 15.4 Å². The number of rotatable bonds is 6. The van der Waals surface area contributed by atoms with Crippen molar-refractivity contribution < 1.29 is 9.59 Å². The molecule has 3 N–H and O–H groups in total. The van der Waals surface area contributed by atoms with Crippen LogP contribution in [-0.2, 0) is 22.4 Å². The standard InChI is InChI=1S/C19H29N5O2/c1-18(2,21-17(26)19(8-9-19)13-4-3-5-13)11-20-16(25)12-6-7-14-15(10-12)23-24-22-14/h12-13H,3-11H2,1-2H3,(H,20,25)(H,21,26)(H,22,23,24). The van der Waals surface area contributed by atoms with Crippen molar-refractivity contribution >= 4 is 11.8 Å². The number of nitrogens with one attached hydrogen (secondary N) is 3. The molecule has 2 amide bonds. The van der Waals surface area contributed by atoms with Gasteiger partial charge in [0.05, 0.1) is 22.3 Å². The number of nitrogens with zero attached hydrogens (tertiary/aromatic N) is 2. The van der Waals surface area contributed by atoms with E-state index in [1.807, 2.05) is 13.8 Å². The molecule has 2 saturated carbocycles. The van der Waals surface area contributed by atoms with Crippen LogP contribution in [0.2, 0.25) is 0 Å². The van der Waals surface area contributed by atoms with Crippen LogP contribution in [-0.4, -0.2) is 39.3 Å². The number of fused-ring (bicyclic) bond motifs is 1. The first-order valence-corrected chi connectivity index (χ1v) is 9.88. The van der Waals surface area contributed by atoms with Crippen molar-refractivity contribution in [1.29, 1.82) is 0 Å². The molecule has 26 heavy (non-hydrogen) atoms. The Morgan fingerprint density at radius 3 is 2.58 bits per heavy atom. The Bertz CT molecular complexity index is 703. The summed E-state index contributed by atoms with van der Waals surface area (Å²) in [6.07, 6.45) is 7.90. The van der Waals surface area contributed by atoms with Crippen molar-refractivity contribution in [3.05, 3.63) is 11.4 Å². The Morgan fingerprint density at radius 2 is 1.92 bits per heavy atom. The van der Waals surface area contributed by atoms with Gasteiger partial charge in [-0.25, -0.2) is 0 Å². The fourth-order valence-electron chi connectivity index (χ4n) is 4.35. The summed E-state index contributed by atoms with van der Waals surface area (Å²) in [7, 11) is 0. The van der Waals surface area contributed by atoms with Crippen molar-refractivity contribution in [2.75, 3.05) is 6.54 Å². The highest BCUT2D eigenvalue weighted by Crippen LogP contribution is 2.58. The highest BCUT2D eigenvalue weighted by molar-refractivity contribution is 5.86. The highest BCUT2D eigenvalue weighted by Gasteiger charge is 2.57. The summed E-state index contributed by atoms with van der Waals surface area (Å²) in [6.45, 7) is 4.41.